The summed E-state index contributed by atoms with van der Waals surface area (Å²) in [5.41, 5.74) is 0.600. The molecule has 1 fully saturated rings. The maximum Gasteiger partial charge on any atom is 0.311 e. The highest BCUT2D eigenvalue weighted by Crippen LogP contribution is 2.22. The number of esters is 1. The van der Waals surface area contributed by atoms with E-state index in [1.807, 2.05) is 6.92 Å². The predicted octanol–water partition coefficient (Wildman–Crippen LogP) is 1.22. The highest BCUT2D eigenvalue weighted by atomic mass is 32.1. The lowest BCUT2D eigenvalue weighted by molar-refractivity contribution is -0.139. The molecule has 0 aromatic carbocycles. The maximum atomic E-state index is 11.9. The number of thiazole rings is 1. The summed E-state index contributed by atoms with van der Waals surface area (Å²) >= 11 is 1.30. The number of anilines is 1. The van der Waals surface area contributed by atoms with Gasteiger partial charge in [-0.05, 0) is 13.3 Å². The second kappa shape index (κ2) is 6.12. The first-order valence-corrected chi connectivity index (χ1v) is 6.90. The summed E-state index contributed by atoms with van der Waals surface area (Å²) in [6.45, 7) is 2.40. The van der Waals surface area contributed by atoms with Crippen LogP contribution in [-0.2, 0) is 25.5 Å². The standard InChI is InChI=1S/C12H16N2O4S/c1-7-3-8(5-18-7)11(16)14-12-13-9(6-19-12)4-10(15)17-2/h6-8H,3-5H2,1-2H3,(H,13,14,16). The molecule has 104 valence electrons. The minimum atomic E-state index is -0.346. The van der Waals surface area contributed by atoms with Gasteiger partial charge in [-0.3, -0.25) is 9.59 Å². The van der Waals surface area contributed by atoms with Crippen molar-refractivity contribution in [3.63, 3.8) is 0 Å². The van der Waals surface area contributed by atoms with Crippen molar-refractivity contribution in [3.8, 4) is 0 Å². The molecule has 0 radical (unpaired) electrons. The third-order valence-electron chi connectivity index (χ3n) is 2.90. The van der Waals surface area contributed by atoms with Crippen molar-refractivity contribution in [2.45, 2.75) is 25.9 Å². The molecule has 1 aliphatic rings. The number of nitrogens with zero attached hydrogens (tertiary/aromatic N) is 1. The van der Waals surface area contributed by atoms with Gasteiger partial charge in [0.25, 0.3) is 0 Å². The minimum Gasteiger partial charge on any atom is -0.469 e. The van der Waals surface area contributed by atoms with Crippen molar-refractivity contribution in [1.29, 1.82) is 0 Å². The molecule has 2 atom stereocenters. The van der Waals surface area contributed by atoms with Crippen LogP contribution in [0.2, 0.25) is 0 Å². The first-order valence-electron chi connectivity index (χ1n) is 6.02. The van der Waals surface area contributed by atoms with Gasteiger partial charge in [-0.2, -0.15) is 0 Å². The minimum absolute atomic E-state index is 0.0803. The van der Waals surface area contributed by atoms with E-state index >= 15 is 0 Å². The third-order valence-corrected chi connectivity index (χ3v) is 3.71. The fourth-order valence-electron chi connectivity index (χ4n) is 1.87. The molecular formula is C12H16N2O4S. The Bertz CT molecular complexity index is 474. The first-order chi connectivity index (χ1) is 9.08. The van der Waals surface area contributed by atoms with Gasteiger partial charge in [-0.25, -0.2) is 4.98 Å². The largest absolute Gasteiger partial charge is 0.469 e. The van der Waals surface area contributed by atoms with Crippen LogP contribution in [0.15, 0.2) is 5.38 Å². The van der Waals surface area contributed by atoms with Gasteiger partial charge in [-0.15, -0.1) is 11.3 Å². The fourth-order valence-corrected chi connectivity index (χ4v) is 2.59. The summed E-state index contributed by atoms with van der Waals surface area (Å²) in [6.07, 6.45) is 0.973. The summed E-state index contributed by atoms with van der Waals surface area (Å²) < 4.78 is 9.92. The number of carbonyl (C=O) groups excluding carboxylic acids is 2. The molecule has 2 rings (SSSR count). The van der Waals surface area contributed by atoms with E-state index in [0.29, 0.717) is 17.4 Å². The Balaban J connectivity index is 1.89. The normalized spacial score (nSPS) is 22.2. The zero-order valence-corrected chi connectivity index (χ0v) is 11.7. The molecule has 1 amide bonds. The number of nitrogens with one attached hydrogen (secondary N) is 1. The molecule has 2 unspecified atom stereocenters. The van der Waals surface area contributed by atoms with Crippen LogP contribution in [0, 0.1) is 5.92 Å². The van der Waals surface area contributed by atoms with Crippen molar-refractivity contribution in [3.05, 3.63) is 11.1 Å². The van der Waals surface area contributed by atoms with E-state index in [2.05, 4.69) is 15.0 Å². The topological polar surface area (TPSA) is 77.5 Å². The number of hydrogen-bond acceptors (Lipinski definition) is 6. The lowest BCUT2D eigenvalue weighted by Crippen LogP contribution is -2.23. The summed E-state index contributed by atoms with van der Waals surface area (Å²) in [6, 6.07) is 0. The van der Waals surface area contributed by atoms with Crippen molar-refractivity contribution < 1.29 is 19.1 Å². The van der Waals surface area contributed by atoms with Crippen molar-refractivity contribution in [2.24, 2.45) is 5.92 Å². The van der Waals surface area contributed by atoms with Crippen molar-refractivity contribution in [1.82, 2.24) is 4.98 Å². The number of hydrogen-bond donors (Lipinski definition) is 1. The summed E-state index contributed by atoms with van der Waals surface area (Å²) in [5, 5.41) is 4.99. The Labute approximate surface area is 115 Å². The highest BCUT2D eigenvalue weighted by molar-refractivity contribution is 7.13. The molecule has 2 heterocycles. The Kier molecular flexibility index (Phi) is 4.49. The summed E-state index contributed by atoms with van der Waals surface area (Å²) in [7, 11) is 1.33. The fraction of sp³-hybridized carbons (Fsp3) is 0.583. The van der Waals surface area contributed by atoms with Gasteiger partial charge in [0.1, 0.15) is 0 Å². The summed E-state index contributed by atoms with van der Waals surface area (Å²) in [5.74, 6) is -0.549. The van der Waals surface area contributed by atoms with Crippen LogP contribution in [0.4, 0.5) is 5.13 Å². The molecule has 6 nitrogen and oxygen atoms in total. The molecule has 0 saturated carbocycles. The first kappa shape index (κ1) is 14.0. The zero-order chi connectivity index (χ0) is 13.8. The highest BCUT2D eigenvalue weighted by Gasteiger charge is 2.28. The van der Waals surface area contributed by atoms with Crippen molar-refractivity contribution >= 4 is 28.3 Å². The van der Waals surface area contributed by atoms with Crippen molar-refractivity contribution in [2.75, 3.05) is 19.0 Å². The monoisotopic (exact) mass is 284 g/mol. The van der Waals surface area contributed by atoms with E-state index in [-0.39, 0.29) is 30.3 Å². The van der Waals surface area contributed by atoms with E-state index < -0.39 is 0 Å². The van der Waals surface area contributed by atoms with Gasteiger partial charge in [-0.1, -0.05) is 0 Å². The molecule has 1 aromatic heterocycles. The Morgan fingerprint density at radius 1 is 1.63 bits per heavy atom. The van der Waals surface area contributed by atoms with Gasteiger partial charge in [0.15, 0.2) is 5.13 Å². The molecular weight excluding hydrogens is 268 g/mol. The van der Waals surface area contributed by atoms with Crippen LogP contribution in [0.5, 0.6) is 0 Å². The number of aromatic nitrogens is 1. The van der Waals surface area contributed by atoms with E-state index in [4.69, 9.17) is 4.74 Å². The summed E-state index contributed by atoms with van der Waals surface area (Å²) in [4.78, 5) is 27.2. The number of amides is 1. The molecule has 0 spiro atoms. The van der Waals surface area contributed by atoms with Crippen LogP contribution in [0.25, 0.3) is 0 Å². The number of rotatable bonds is 4. The average Bonchev–Trinajstić information content (AvgIpc) is 2.98. The number of methoxy groups -OCH3 is 1. The predicted molar refractivity (Wildman–Crippen MR) is 70.0 cm³/mol. The SMILES string of the molecule is COC(=O)Cc1csc(NC(=O)C2COC(C)C2)n1. The van der Waals surface area contributed by atoms with Crippen LogP contribution in [-0.4, -0.2) is 36.7 Å². The molecule has 1 aromatic rings. The maximum absolute atomic E-state index is 11.9. The van der Waals surface area contributed by atoms with Gasteiger partial charge in [0.2, 0.25) is 5.91 Å². The second-order valence-corrected chi connectivity index (χ2v) is 5.32. The average molecular weight is 284 g/mol. The zero-order valence-electron chi connectivity index (χ0n) is 10.8. The lowest BCUT2D eigenvalue weighted by Gasteiger charge is -2.06. The van der Waals surface area contributed by atoms with E-state index in [0.717, 1.165) is 6.42 Å². The Morgan fingerprint density at radius 3 is 3.05 bits per heavy atom. The Morgan fingerprint density at radius 2 is 2.42 bits per heavy atom. The van der Waals surface area contributed by atoms with Gasteiger partial charge < -0.3 is 14.8 Å². The molecule has 19 heavy (non-hydrogen) atoms. The number of carbonyl (C=O) groups is 2. The van der Waals surface area contributed by atoms with Gasteiger partial charge >= 0.3 is 5.97 Å². The molecule has 0 bridgehead atoms. The molecule has 0 aliphatic carbocycles. The van der Waals surface area contributed by atoms with Crippen LogP contribution in [0.1, 0.15) is 19.0 Å². The van der Waals surface area contributed by atoms with E-state index in [1.165, 1.54) is 18.4 Å². The number of ether oxygens (including phenoxy) is 2. The smallest absolute Gasteiger partial charge is 0.311 e. The van der Waals surface area contributed by atoms with Crippen LogP contribution in [0.3, 0.4) is 0 Å². The molecule has 1 N–H and O–H groups in total. The van der Waals surface area contributed by atoms with Crippen LogP contribution < -0.4 is 5.32 Å². The molecule has 1 aliphatic heterocycles. The molecule has 1 saturated heterocycles. The second-order valence-electron chi connectivity index (χ2n) is 4.46. The van der Waals surface area contributed by atoms with Gasteiger partial charge in [0.05, 0.1) is 37.9 Å². The van der Waals surface area contributed by atoms with Crippen LogP contribution >= 0.6 is 11.3 Å². The molecule has 7 heteroatoms. The quantitative estimate of drug-likeness (QED) is 0.841. The Hall–Kier alpha value is -1.47. The van der Waals surface area contributed by atoms with E-state index in [9.17, 15) is 9.59 Å². The lowest BCUT2D eigenvalue weighted by atomic mass is 10.1. The third kappa shape index (κ3) is 3.74. The van der Waals surface area contributed by atoms with E-state index in [1.54, 1.807) is 5.38 Å². The van der Waals surface area contributed by atoms with Gasteiger partial charge in [0, 0.05) is 5.38 Å².